The topological polar surface area (TPSA) is 79.9 Å². The smallest absolute Gasteiger partial charge is 0.311 e. The Labute approximate surface area is 170 Å². The number of rotatable bonds is 9. The average molecular weight is 397 g/mol. The molecule has 5 heteroatoms. The summed E-state index contributed by atoms with van der Waals surface area (Å²) in [5.41, 5.74) is 0.470. The van der Waals surface area contributed by atoms with Gasteiger partial charge >= 0.3 is 5.97 Å². The van der Waals surface area contributed by atoms with E-state index in [9.17, 15) is 15.0 Å². The van der Waals surface area contributed by atoms with E-state index in [1.54, 1.807) is 0 Å². The third-order valence-electron chi connectivity index (χ3n) is 5.93. The first-order chi connectivity index (χ1) is 12.8. The molecule has 1 rings (SSSR count). The Morgan fingerprint density at radius 2 is 1.68 bits per heavy atom. The molecule has 1 heterocycles. The van der Waals surface area contributed by atoms with Crippen LogP contribution in [0.1, 0.15) is 77.9 Å². The van der Waals surface area contributed by atoms with Crippen LogP contribution in [-0.4, -0.2) is 35.0 Å². The highest BCUT2D eigenvalue weighted by atomic mass is 16.5. The molecule has 0 fully saturated rings. The summed E-state index contributed by atoms with van der Waals surface area (Å²) in [6.07, 6.45) is -0.673. The van der Waals surface area contributed by atoms with E-state index < -0.39 is 17.6 Å². The summed E-state index contributed by atoms with van der Waals surface area (Å²) >= 11 is 0. The fourth-order valence-electron chi connectivity index (χ4n) is 3.72. The minimum atomic E-state index is -0.740. The van der Waals surface area contributed by atoms with Gasteiger partial charge in [-0.05, 0) is 64.5 Å². The predicted octanol–water partition coefficient (Wildman–Crippen LogP) is 4.61. The summed E-state index contributed by atoms with van der Waals surface area (Å²) in [6.45, 7) is 17.4. The number of hydrogen-bond donors (Lipinski definition) is 2. The van der Waals surface area contributed by atoms with Gasteiger partial charge < -0.3 is 19.4 Å². The van der Waals surface area contributed by atoms with Crippen LogP contribution in [0.3, 0.4) is 0 Å². The lowest BCUT2D eigenvalue weighted by Crippen LogP contribution is -2.40. The van der Waals surface area contributed by atoms with Gasteiger partial charge in [0.05, 0.1) is 24.2 Å². The van der Waals surface area contributed by atoms with E-state index in [0.29, 0.717) is 0 Å². The van der Waals surface area contributed by atoms with E-state index in [2.05, 4.69) is 0 Å². The standard InChI is InChI=1S/C23H40O5/c1-10-18(12-27-22(26)23(7,8)9)15(4)19(24)16(5)20(25)17(6)21-13(2)11-14(3)28-21/h11,15-20,24-25H,10,12H2,1-9H3/t15-,16-,17-,18+,19+,20-/m1/s1. The quantitative estimate of drug-likeness (QED) is 0.596. The van der Waals surface area contributed by atoms with Gasteiger partial charge in [0.25, 0.3) is 0 Å². The molecule has 0 aliphatic carbocycles. The van der Waals surface area contributed by atoms with Gasteiger partial charge in [0.2, 0.25) is 0 Å². The summed E-state index contributed by atoms with van der Waals surface area (Å²) < 4.78 is 11.2. The van der Waals surface area contributed by atoms with Gasteiger partial charge in [0, 0.05) is 11.8 Å². The maximum atomic E-state index is 12.1. The lowest BCUT2D eigenvalue weighted by molar-refractivity contribution is -0.155. The summed E-state index contributed by atoms with van der Waals surface area (Å²) in [5.74, 6) is 0.695. The molecule has 2 N–H and O–H groups in total. The van der Waals surface area contributed by atoms with Gasteiger partial charge in [-0.3, -0.25) is 4.79 Å². The van der Waals surface area contributed by atoms with Crippen LogP contribution >= 0.6 is 0 Å². The summed E-state index contributed by atoms with van der Waals surface area (Å²) in [5, 5.41) is 21.8. The van der Waals surface area contributed by atoms with E-state index in [0.717, 1.165) is 23.5 Å². The van der Waals surface area contributed by atoms with Crippen LogP contribution in [0.4, 0.5) is 0 Å². The van der Waals surface area contributed by atoms with Crippen LogP contribution in [0.25, 0.3) is 0 Å². The number of aryl methyl sites for hydroxylation is 2. The Morgan fingerprint density at radius 3 is 2.11 bits per heavy atom. The first-order valence-corrected chi connectivity index (χ1v) is 10.4. The highest BCUT2D eigenvalue weighted by Gasteiger charge is 2.36. The Kier molecular flexibility index (Phi) is 8.76. The molecule has 0 amide bonds. The zero-order chi connectivity index (χ0) is 21.8. The number of hydrogen-bond acceptors (Lipinski definition) is 5. The Hall–Kier alpha value is -1.33. The predicted molar refractivity (Wildman–Crippen MR) is 111 cm³/mol. The van der Waals surface area contributed by atoms with Crippen molar-refractivity contribution in [3.8, 4) is 0 Å². The third kappa shape index (κ3) is 6.08. The summed E-state index contributed by atoms with van der Waals surface area (Å²) in [4.78, 5) is 12.1. The molecule has 0 saturated carbocycles. The molecular formula is C23H40O5. The van der Waals surface area contributed by atoms with Crippen molar-refractivity contribution in [2.75, 3.05) is 6.61 Å². The molecule has 6 atom stereocenters. The van der Waals surface area contributed by atoms with Gasteiger partial charge in [0.1, 0.15) is 11.5 Å². The zero-order valence-electron chi connectivity index (χ0n) is 19.1. The van der Waals surface area contributed by atoms with Crippen molar-refractivity contribution in [1.82, 2.24) is 0 Å². The Morgan fingerprint density at radius 1 is 1.11 bits per heavy atom. The molecule has 162 valence electrons. The molecule has 28 heavy (non-hydrogen) atoms. The molecule has 0 spiro atoms. The molecule has 1 aromatic heterocycles. The lowest BCUT2D eigenvalue weighted by Gasteiger charge is -2.34. The van der Waals surface area contributed by atoms with E-state index >= 15 is 0 Å². The first-order valence-electron chi connectivity index (χ1n) is 10.4. The number of furan rings is 1. The second kappa shape index (κ2) is 9.93. The van der Waals surface area contributed by atoms with Crippen molar-refractivity contribution in [3.63, 3.8) is 0 Å². The van der Waals surface area contributed by atoms with E-state index in [4.69, 9.17) is 9.15 Å². The fourth-order valence-corrected chi connectivity index (χ4v) is 3.72. The number of aliphatic hydroxyl groups is 2. The SMILES string of the molecule is CC[C@@H](COC(=O)C(C)(C)C)[C@@H](C)[C@H](O)[C@@H](C)[C@@H](O)[C@@H](C)c1oc(C)cc1C. The van der Waals surface area contributed by atoms with E-state index in [-0.39, 0.29) is 36.2 Å². The molecule has 0 saturated heterocycles. The molecule has 0 aliphatic heterocycles. The van der Waals surface area contributed by atoms with Gasteiger partial charge in [-0.15, -0.1) is 0 Å². The molecule has 1 aromatic rings. The van der Waals surface area contributed by atoms with Crippen LogP contribution in [0.2, 0.25) is 0 Å². The van der Waals surface area contributed by atoms with Crippen molar-refractivity contribution >= 4 is 5.97 Å². The second-order valence-corrected chi connectivity index (χ2v) is 9.41. The van der Waals surface area contributed by atoms with Crippen molar-refractivity contribution in [2.45, 2.75) is 86.9 Å². The number of carbonyl (C=O) groups is 1. The molecule has 0 unspecified atom stereocenters. The first kappa shape index (κ1) is 24.7. The fraction of sp³-hybridized carbons (Fsp3) is 0.783. The summed E-state index contributed by atoms with van der Waals surface area (Å²) in [7, 11) is 0. The maximum Gasteiger partial charge on any atom is 0.311 e. The lowest BCUT2D eigenvalue weighted by atomic mass is 9.78. The number of esters is 1. The average Bonchev–Trinajstić information content (AvgIpc) is 2.96. The minimum absolute atomic E-state index is 0.0267. The largest absolute Gasteiger partial charge is 0.466 e. The van der Waals surface area contributed by atoms with Crippen LogP contribution in [-0.2, 0) is 9.53 Å². The van der Waals surface area contributed by atoms with Gasteiger partial charge in [0.15, 0.2) is 0 Å². The van der Waals surface area contributed by atoms with Crippen molar-refractivity contribution in [3.05, 3.63) is 23.2 Å². The van der Waals surface area contributed by atoms with Crippen molar-refractivity contribution in [1.29, 1.82) is 0 Å². The number of ether oxygens (including phenoxy) is 1. The molecule has 0 radical (unpaired) electrons. The Balaban J connectivity index is 2.79. The zero-order valence-corrected chi connectivity index (χ0v) is 19.1. The maximum absolute atomic E-state index is 12.1. The molecular weight excluding hydrogens is 356 g/mol. The monoisotopic (exact) mass is 396 g/mol. The van der Waals surface area contributed by atoms with Crippen LogP contribution < -0.4 is 0 Å². The van der Waals surface area contributed by atoms with Gasteiger partial charge in [-0.25, -0.2) is 0 Å². The van der Waals surface area contributed by atoms with Crippen LogP contribution in [0.5, 0.6) is 0 Å². The third-order valence-corrected chi connectivity index (χ3v) is 5.93. The highest BCUT2D eigenvalue weighted by Crippen LogP contribution is 2.33. The minimum Gasteiger partial charge on any atom is -0.466 e. The second-order valence-electron chi connectivity index (χ2n) is 9.41. The summed E-state index contributed by atoms with van der Waals surface area (Å²) in [6, 6.07) is 1.96. The number of aliphatic hydroxyl groups excluding tert-OH is 2. The molecule has 5 nitrogen and oxygen atoms in total. The van der Waals surface area contributed by atoms with Crippen molar-refractivity contribution in [2.24, 2.45) is 23.2 Å². The van der Waals surface area contributed by atoms with E-state index in [1.807, 2.05) is 68.4 Å². The van der Waals surface area contributed by atoms with Gasteiger partial charge in [-0.2, -0.15) is 0 Å². The van der Waals surface area contributed by atoms with E-state index in [1.165, 1.54) is 0 Å². The number of carbonyl (C=O) groups excluding carboxylic acids is 1. The highest BCUT2D eigenvalue weighted by molar-refractivity contribution is 5.75. The molecule has 0 bridgehead atoms. The molecule has 0 aromatic carbocycles. The van der Waals surface area contributed by atoms with Crippen LogP contribution in [0, 0.1) is 37.0 Å². The van der Waals surface area contributed by atoms with Crippen molar-refractivity contribution < 1.29 is 24.2 Å². The van der Waals surface area contributed by atoms with Crippen LogP contribution in [0.15, 0.2) is 10.5 Å². The molecule has 0 aliphatic rings. The Bertz CT molecular complexity index is 627. The van der Waals surface area contributed by atoms with Gasteiger partial charge in [-0.1, -0.05) is 27.7 Å². The normalized spacial score (nSPS) is 18.8.